The summed E-state index contributed by atoms with van der Waals surface area (Å²) in [6, 6.07) is 4.33. The number of nitrogens with two attached hydrogens (primary N) is 1. The summed E-state index contributed by atoms with van der Waals surface area (Å²) in [4.78, 5) is 0. The number of hydrogen-bond acceptors (Lipinski definition) is 2. The third-order valence-electron chi connectivity index (χ3n) is 3.72. The molecule has 1 unspecified atom stereocenters. The number of rotatable bonds is 5. The summed E-state index contributed by atoms with van der Waals surface area (Å²) >= 11 is 6.05. The second-order valence-corrected chi connectivity index (χ2v) is 5.32. The van der Waals surface area contributed by atoms with E-state index in [-0.39, 0.29) is 17.8 Å². The van der Waals surface area contributed by atoms with Gasteiger partial charge in [-0.05, 0) is 48.9 Å². The van der Waals surface area contributed by atoms with Gasteiger partial charge in [-0.2, -0.15) is 0 Å². The molecule has 3 N–H and O–H groups in total. The minimum Gasteiger partial charge on any atom is -0.396 e. The average molecular weight is 258 g/mol. The predicted molar refractivity (Wildman–Crippen MR) is 66.4 cm³/mol. The maximum Gasteiger partial charge on any atom is 0.123 e. The first kappa shape index (κ1) is 12.8. The number of hydrogen-bond donors (Lipinski definition) is 2. The first-order chi connectivity index (χ1) is 8.11. The first-order valence-corrected chi connectivity index (χ1v) is 6.24. The van der Waals surface area contributed by atoms with E-state index in [0.717, 1.165) is 18.4 Å². The highest BCUT2D eigenvalue weighted by molar-refractivity contribution is 6.31. The van der Waals surface area contributed by atoms with Gasteiger partial charge in [0.15, 0.2) is 0 Å². The third-order valence-corrected chi connectivity index (χ3v) is 4.08. The Bertz CT molecular complexity index is 402. The van der Waals surface area contributed by atoms with E-state index in [4.69, 9.17) is 17.3 Å². The lowest BCUT2D eigenvalue weighted by Gasteiger charge is -2.31. The van der Waals surface area contributed by atoms with Crippen molar-refractivity contribution < 1.29 is 9.50 Å². The maximum atomic E-state index is 13.2. The van der Waals surface area contributed by atoms with Crippen LogP contribution in [0.25, 0.3) is 0 Å². The van der Waals surface area contributed by atoms with Crippen molar-refractivity contribution in [2.75, 3.05) is 13.2 Å². The lowest BCUT2D eigenvalue weighted by Crippen LogP contribution is -2.38. The molecular weight excluding hydrogens is 241 g/mol. The van der Waals surface area contributed by atoms with Gasteiger partial charge in [-0.25, -0.2) is 4.39 Å². The van der Waals surface area contributed by atoms with E-state index in [0.29, 0.717) is 23.9 Å². The van der Waals surface area contributed by atoms with Crippen molar-refractivity contribution in [1.82, 2.24) is 0 Å². The normalized spacial score (nSPS) is 19.1. The van der Waals surface area contributed by atoms with Crippen LogP contribution in [0.15, 0.2) is 18.2 Å². The molecule has 94 valence electrons. The van der Waals surface area contributed by atoms with Gasteiger partial charge in [-0.3, -0.25) is 0 Å². The van der Waals surface area contributed by atoms with Gasteiger partial charge in [-0.1, -0.05) is 11.6 Å². The fraction of sp³-hybridized carbons (Fsp3) is 0.538. The van der Waals surface area contributed by atoms with E-state index >= 15 is 0 Å². The van der Waals surface area contributed by atoms with Crippen LogP contribution in [-0.4, -0.2) is 18.3 Å². The molecule has 1 aromatic carbocycles. The molecule has 1 aromatic rings. The molecule has 0 amide bonds. The van der Waals surface area contributed by atoms with E-state index in [9.17, 15) is 9.50 Å². The van der Waals surface area contributed by atoms with Crippen molar-refractivity contribution in [3.8, 4) is 0 Å². The molecule has 17 heavy (non-hydrogen) atoms. The average Bonchev–Trinajstić information content (AvgIpc) is 3.15. The van der Waals surface area contributed by atoms with Crippen LogP contribution in [0.2, 0.25) is 5.02 Å². The maximum absolute atomic E-state index is 13.2. The molecule has 1 aliphatic carbocycles. The molecule has 1 saturated carbocycles. The van der Waals surface area contributed by atoms with Crippen molar-refractivity contribution in [3.05, 3.63) is 34.6 Å². The fourth-order valence-corrected chi connectivity index (χ4v) is 2.57. The van der Waals surface area contributed by atoms with Crippen LogP contribution >= 0.6 is 11.6 Å². The first-order valence-electron chi connectivity index (χ1n) is 5.86. The van der Waals surface area contributed by atoms with E-state index in [1.807, 2.05) is 0 Å². The Balaban J connectivity index is 2.25. The molecule has 1 aliphatic rings. The van der Waals surface area contributed by atoms with E-state index in [1.54, 1.807) is 6.07 Å². The van der Waals surface area contributed by atoms with Gasteiger partial charge in [0.1, 0.15) is 5.82 Å². The second-order valence-electron chi connectivity index (χ2n) is 4.91. The highest BCUT2D eigenvalue weighted by Gasteiger charge is 2.44. The van der Waals surface area contributed by atoms with Gasteiger partial charge in [0.2, 0.25) is 0 Å². The van der Waals surface area contributed by atoms with Crippen molar-refractivity contribution in [2.45, 2.75) is 19.3 Å². The van der Waals surface area contributed by atoms with Gasteiger partial charge in [0.25, 0.3) is 0 Å². The standard InChI is InChI=1S/C13H17ClFNO/c14-12-4-3-11(15)5-9(12)6-13(7-16,8-17)10-1-2-10/h3-5,10,17H,1-2,6-8,16H2. The molecule has 1 fully saturated rings. The largest absolute Gasteiger partial charge is 0.396 e. The number of benzene rings is 1. The predicted octanol–water partition coefficient (Wildman–Crippen LogP) is 2.37. The summed E-state index contributed by atoms with van der Waals surface area (Å²) in [5.74, 6) is 0.140. The summed E-state index contributed by atoms with van der Waals surface area (Å²) in [7, 11) is 0. The zero-order chi connectivity index (χ0) is 12.5. The number of aliphatic hydroxyl groups excluding tert-OH is 1. The van der Waals surface area contributed by atoms with Crippen LogP contribution in [0, 0.1) is 17.2 Å². The molecule has 1 atom stereocenters. The Morgan fingerprint density at radius 2 is 2.18 bits per heavy atom. The zero-order valence-electron chi connectivity index (χ0n) is 9.63. The van der Waals surface area contributed by atoms with Crippen LogP contribution in [0.4, 0.5) is 4.39 Å². The van der Waals surface area contributed by atoms with Gasteiger partial charge in [0, 0.05) is 17.0 Å². The van der Waals surface area contributed by atoms with Gasteiger partial charge in [0.05, 0.1) is 6.61 Å². The number of halogens is 2. The SMILES string of the molecule is NCC(CO)(Cc1cc(F)ccc1Cl)C1CC1. The molecule has 0 radical (unpaired) electrons. The summed E-state index contributed by atoms with van der Waals surface area (Å²) in [6.45, 7) is 0.433. The van der Waals surface area contributed by atoms with Gasteiger partial charge >= 0.3 is 0 Å². The van der Waals surface area contributed by atoms with Crippen molar-refractivity contribution in [1.29, 1.82) is 0 Å². The highest BCUT2D eigenvalue weighted by atomic mass is 35.5. The van der Waals surface area contributed by atoms with Crippen molar-refractivity contribution in [3.63, 3.8) is 0 Å². The summed E-state index contributed by atoms with van der Waals surface area (Å²) in [6.07, 6.45) is 2.72. The Hall–Kier alpha value is -0.640. The van der Waals surface area contributed by atoms with Crippen LogP contribution in [0.1, 0.15) is 18.4 Å². The fourth-order valence-electron chi connectivity index (χ4n) is 2.39. The van der Waals surface area contributed by atoms with E-state index in [2.05, 4.69) is 0 Å². The van der Waals surface area contributed by atoms with E-state index in [1.165, 1.54) is 12.1 Å². The Morgan fingerprint density at radius 3 is 2.71 bits per heavy atom. The van der Waals surface area contributed by atoms with Crippen LogP contribution in [0.5, 0.6) is 0 Å². The quantitative estimate of drug-likeness (QED) is 0.851. The lowest BCUT2D eigenvalue weighted by atomic mass is 9.78. The molecule has 2 nitrogen and oxygen atoms in total. The van der Waals surface area contributed by atoms with E-state index < -0.39 is 0 Å². The zero-order valence-corrected chi connectivity index (χ0v) is 10.4. The molecular formula is C13H17ClFNO. The molecule has 0 bridgehead atoms. The minimum absolute atomic E-state index is 0.0288. The molecule has 0 aliphatic heterocycles. The number of aliphatic hydroxyl groups is 1. The third kappa shape index (κ3) is 2.62. The molecule has 0 spiro atoms. The molecule has 0 aromatic heterocycles. The Labute approximate surface area is 106 Å². The van der Waals surface area contributed by atoms with Crippen LogP contribution in [0.3, 0.4) is 0 Å². The van der Waals surface area contributed by atoms with Gasteiger partial charge in [-0.15, -0.1) is 0 Å². The Morgan fingerprint density at radius 1 is 1.47 bits per heavy atom. The Kier molecular flexibility index (Phi) is 3.71. The summed E-state index contributed by atoms with van der Waals surface area (Å²) in [5.41, 5.74) is 6.20. The van der Waals surface area contributed by atoms with Crippen LogP contribution in [-0.2, 0) is 6.42 Å². The highest BCUT2D eigenvalue weighted by Crippen LogP contribution is 2.47. The van der Waals surface area contributed by atoms with Crippen LogP contribution < -0.4 is 5.73 Å². The van der Waals surface area contributed by atoms with Crippen molar-refractivity contribution >= 4 is 11.6 Å². The second kappa shape index (κ2) is 4.92. The van der Waals surface area contributed by atoms with Crippen molar-refractivity contribution in [2.24, 2.45) is 17.1 Å². The molecule has 2 rings (SSSR count). The lowest BCUT2D eigenvalue weighted by molar-refractivity contribution is 0.109. The monoisotopic (exact) mass is 257 g/mol. The van der Waals surface area contributed by atoms with Gasteiger partial charge < -0.3 is 10.8 Å². The summed E-state index contributed by atoms with van der Waals surface area (Å²) in [5, 5.41) is 10.1. The summed E-state index contributed by atoms with van der Waals surface area (Å²) < 4.78 is 13.2. The topological polar surface area (TPSA) is 46.2 Å². The minimum atomic E-state index is -0.336. The molecule has 0 saturated heterocycles. The molecule has 0 heterocycles. The smallest absolute Gasteiger partial charge is 0.123 e. The molecule has 4 heteroatoms.